The summed E-state index contributed by atoms with van der Waals surface area (Å²) in [5, 5.41) is 13.5. The van der Waals surface area contributed by atoms with Crippen LogP contribution in [-0.4, -0.2) is 36.3 Å². The normalized spacial score (nSPS) is 20.6. The lowest BCUT2D eigenvalue weighted by Gasteiger charge is -2.26. The molecular formula is C32H40F2N6O2S. The van der Waals surface area contributed by atoms with Gasteiger partial charge in [0.2, 0.25) is 5.95 Å². The van der Waals surface area contributed by atoms with Gasteiger partial charge in [-0.05, 0) is 11.1 Å². The highest BCUT2D eigenvalue weighted by atomic mass is 32.1. The molecule has 0 amide bonds. The van der Waals surface area contributed by atoms with Gasteiger partial charge in [0.15, 0.2) is 11.6 Å². The van der Waals surface area contributed by atoms with E-state index in [9.17, 15) is 9.65 Å². The first-order chi connectivity index (χ1) is 20.8. The summed E-state index contributed by atoms with van der Waals surface area (Å²) in [5.74, 6) is -0.373. The van der Waals surface area contributed by atoms with Crippen molar-refractivity contribution in [2.75, 3.05) is 30.8 Å². The van der Waals surface area contributed by atoms with Crippen LogP contribution in [0, 0.1) is 23.1 Å². The number of hydrogen-bond acceptors (Lipinski definition) is 9. The van der Waals surface area contributed by atoms with Crippen LogP contribution < -0.4 is 16.0 Å². The van der Waals surface area contributed by atoms with Crippen LogP contribution in [0.25, 0.3) is 16.7 Å². The predicted octanol–water partition coefficient (Wildman–Crippen LogP) is 7.11. The van der Waals surface area contributed by atoms with Crippen LogP contribution in [0.15, 0.2) is 12.4 Å². The van der Waals surface area contributed by atoms with Gasteiger partial charge in [0, 0.05) is 55.0 Å². The maximum Gasteiger partial charge on any atom is 0.226 e. The van der Waals surface area contributed by atoms with E-state index in [1.165, 1.54) is 44.7 Å². The second-order valence-electron chi connectivity index (χ2n) is 11.5. The molecule has 230 valence electrons. The van der Waals surface area contributed by atoms with E-state index in [1.54, 1.807) is 13.3 Å². The van der Waals surface area contributed by atoms with E-state index in [4.69, 9.17) is 15.2 Å². The molecule has 0 bridgehead atoms. The van der Waals surface area contributed by atoms with E-state index in [0.29, 0.717) is 41.1 Å². The number of nitrogens with zero attached hydrogens (tertiary/aromatic N) is 4. The molecule has 0 spiro atoms. The number of ether oxygens (including phenoxy) is 2. The fourth-order valence-electron chi connectivity index (χ4n) is 6.21. The van der Waals surface area contributed by atoms with Gasteiger partial charge >= 0.3 is 0 Å². The number of benzene rings is 1. The van der Waals surface area contributed by atoms with Crippen molar-refractivity contribution in [2.45, 2.75) is 84.7 Å². The van der Waals surface area contributed by atoms with Crippen molar-refractivity contribution in [3.05, 3.63) is 50.9 Å². The number of fused-ring (bicyclic) bond motifs is 4. The molecule has 3 aromatic rings. The smallest absolute Gasteiger partial charge is 0.226 e. The molecule has 43 heavy (non-hydrogen) atoms. The Hall–Kier alpha value is -3.33. The Morgan fingerprint density at radius 2 is 1.86 bits per heavy atom. The van der Waals surface area contributed by atoms with Crippen molar-refractivity contribution < 1.29 is 18.3 Å². The summed E-state index contributed by atoms with van der Waals surface area (Å²) in [5.41, 5.74) is 8.43. The van der Waals surface area contributed by atoms with Crippen LogP contribution in [0.5, 0.6) is 0 Å². The number of nitrogens with two attached hydrogens (primary N) is 1. The molecule has 6 rings (SSSR count). The first kappa shape index (κ1) is 31.1. The van der Waals surface area contributed by atoms with Gasteiger partial charge in [0.05, 0.1) is 35.8 Å². The number of nitriles is 1. The van der Waals surface area contributed by atoms with Crippen molar-refractivity contribution in [1.29, 1.82) is 5.26 Å². The third kappa shape index (κ3) is 5.93. The molecular weight excluding hydrogens is 570 g/mol. The molecule has 3 aliphatic heterocycles. The summed E-state index contributed by atoms with van der Waals surface area (Å²) in [6.07, 6.45) is 11.4. The van der Waals surface area contributed by atoms with Crippen LogP contribution in [-0.2, 0) is 22.7 Å². The largest absolute Gasteiger partial charge is 0.389 e. The van der Waals surface area contributed by atoms with Gasteiger partial charge in [0.1, 0.15) is 16.6 Å². The molecule has 3 unspecified atom stereocenters. The minimum Gasteiger partial charge on any atom is -0.389 e. The SMILES string of the molecule is CCCCCCCC.COC1CN(c2ncc3c4c(c(C5NC=C(F)c6sc(N)c(C#N)c65)c(F)c3n2)COC4)CC1C. The Balaban J connectivity index is 0.000000407. The summed E-state index contributed by atoms with van der Waals surface area (Å²) in [6.45, 7) is 8.40. The van der Waals surface area contributed by atoms with Crippen molar-refractivity contribution >= 4 is 39.0 Å². The fourth-order valence-corrected chi connectivity index (χ4v) is 7.17. The molecule has 0 saturated carbocycles. The van der Waals surface area contributed by atoms with E-state index in [0.717, 1.165) is 16.9 Å². The molecule has 0 radical (unpaired) electrons. The number of thiophene rings is 1. The molecule has 3 aliphatic rings. The first-order valence-electron chi connectivity index (χ1n) is 15.1. The summed E-state index contributed by atoms with van der Waals surface area (Å²) in [4.78, 5) is 11.4. The van der Waals surface area contributed by atoms with Gasteiger partial charge in [-0.15, -0.1) is 11.3 Å². The maximum absolute atomic E-state index is 16.4. The van der Waals surface area contributed by atoms with Gasteiger partial charge in [0.25, 0.3) is 0 Å². The molecule has 11 heteroatoms. The van der Waals surface area contributed by atoms with Crippen LogP contribution in [0.4, 0.5) is 19.7 Å². The van der Waals surface area contributed by atoms with Crippen LogP contribution in [0.3, 0.4) is 0 Å². The number of aromatic nitrogens is 2. The number of hydrogen-bond donors (Lipinski definition) is 2. The maximum atomic E-state index is 16.4. The third-order valence-electron chi connectivity index (χ3n) is 8.57. The highest BCUT2D eigenvalue weighted by molar-refractivity contribution is 7.17. The van der Waals surface area contributed by atoms with Gasteiger partial charge in [-0.3, -0.25) is 0 Å². The van der Waals surface area contributed by atoms with Gasteiger partial charge in [-0.25, -0.2) is 18.7 Å². The average Bonchev–Trinajstić information content (AvgIpc) is 3.73. The summed E-state index contributed by atoms with van der Waals surface area (Å²) in [7, 11) is 1.68. The number of nitrogens with one attached hydrogen (secondary N) is 1. The zero-order valence-corrected chi connectivity index (χ0v) is 26.1. The lowest BCUT2D eigenvalue weighted by Crippen LogP contribution is -2.26. The van der Waals surface area contributed by atoms with Gasteiger partial charge in [-0.2, -0.15) is 5.26 Å². The highest BCUT2D eigenvalue weighted by Crippen LogP contribution is 2.47. The number of rotatable bonds is 8. The van der Waals surface area contributed by atoms with Gasteiger partial charge < -0.3 is 25.4 Å². The van der Waals surface area contributed by atoms with Crippen LogP contribution in [0.2, 0.25) is 0 Å². The van der Waals surface area contributed by atoms with E-state index in [1.807, 2.05) is 4.90 Å². The summed E-state index contributed by atoms with van der Waals surface area (Å²) >= 11 is 0.987. The molecule has 8 nitrogen and oxygen atoms in total. The van der Waals surface area contributed by atoms with Crippen molar-refractivity contribution in [3.8, 4) is 6.07 Å². The second kappa shape index (κ2) is 13.5. The quantitative estimate of drug-likeness (QED) is 0.260. The van der Waals surface area contributed by atoms with Crippen LogP contribution >= 0.6 is 11.3 Å². The Kier molecular flexibility index (Phi) is 9.79. The van der Waals surface area contributed by atoms with Crippen molar-refractivity contribution in [2.24, 2.45) is 5.92 Å². The van der Waals surface area contributed by atoms with Crippen molar-refractivity contribution in [3.63, 3.8) is 0 Å². The predicted molar refractivity (Wildman–Crippen MR) is 167 cm³/mol. The number of methoxy groups -OCH3 is 1. The summed E-state index contributed by atoms with van der Waals surface area (Å²) in [6, 6.07) is 1.25. The zero-order chi connectivity index (χ0) is 30.7. The molecule has 2 aromatic heterocycles. The molecule has 1 saturated heterocycles. The Morgan fingerprint density at radius 1 is 1.14 bits per heavy atom. The Morgan fingerprint density at radius 3 is 2.51 bits per heavy atom. The number of halogens is 2. The summed E-state index contributed by atoms with van der Waals surface area (Å²) < 4.78 is 42.2. The standard InChI is InChI=1S/C24H22F2N6O2S.C8H18/c1-10-6-32(7-16(10)33-2)24-30-4-12-13-8-34-9-14(13)17(19(26)20(12)31-24)21-18-11(3-27)23(28)35-22(18)15(25)5-29-21;1-3-5-7-8-6-4-2/h4-5,10,16,21,29H,6-9,28H2,1-2H3;3-8H2,1-2H3. The van der Waals surface area contributed by atoms with Crippen molar-refractivity contribution in [1.82, 2.24) is 15.3 Å². The highest BCUT2D eigenvalue weighted by Gasteiger charge is 2.37. The number of nitrogen functional groups attached to an aromatic ring is 1. The minimum atomic E-state index is -0.810. The topological polar surface area (TPSA) is 109 Å². The monoisotopic (exact) mass is 610 g/mol. The zero-order valence-electron chi connectivity index (χ0n) is 25.3. The van der Waals surface area contributed by atoms with Crippen LogP contribution in [0.1, 0.15) is 98.0 Å². The fraction of sp³-hybridized carbons (Fsp3) is 0.531. The average molecular weight is 611 g/mol. The molecule has 3 N–H and O–H groups in total. The Labute approximate surface area is 255 Å². The molecule has 1 aromatic carbocycles. The number of anilines is 2. The molecule has 3 atom stereocenters. The molecule has 0 aliphatic carbocycles. The lowest BCUT2D eigenvalue weighted by atomic mass is 9.87. The third-order valence-corrected chi connectivity index (χ3v) is 9.61. The molecule has 5 heterocycles. The van der Waals surface area contributed by atoms with E-state index < -0.39 is 17.7 Å². The van der Waals surface area contributed by atoms with E-state index in [-0.39, 0.29) is 46.2 Å². The lowest BCUT2D eigenvalue weighted by molar-refractivity contribution is 0.0899. The van der Waals surface area contributed by atoms with E-state index >= 15 is 4.39 Å². The van der Waals surface area contributed by atoms with E-state index in [2.05, 4.69) is 42.1 Å². The second-order valence-corrected chi connectivity index (χ2v) is 12.5. The Bertz CT molecular complexity index is 1550. The van der Waals surface area contributed by atoms with Gasteiger partial charge in [-0.1, -0.05) is 59.3 Å². The minimum absolute atomic E-state index is 0.0446. The first-order valence-corrected chi connectivity index (χ1v) is 16.0. The molecule has 1 fully saturated rings. The number of unbranched alkanes of at least 4 members (excludes halogenated alkanes) is 5.